The minimum Gasteiger partial charge on any atom is -0.508 e. The average Bonchev–Trinajstić information content (AvgIpc) is 2.08. The highest BCUT2D eigenvalue weighted by molar-refractivity contribution is 5.99. The first-order chi connectivity index (χ1) is 5.65. The molecule has 0 aliphatic rings. The Morgan fingerprint density at radius 1 is 1.58 bits per heavy atom. The van der Waals surface area contributed by atoms with Gasteiger partial charge in [-0.15, -0.1) is 0 Å². The van der Waals surface area contributed by atoms with Crippen molar-refractivity contribution in [2.75, 3.05) is 12.8 Å². The predicted octanol–water partition coefficient (Wildman–Crippen LogP) is 0.334. The summed E-state index contributed by atoms with van der Waals surface area (Å²) in [5.74, 6) is -0.272. The van der Waals surface area contributed by atoms with Crippen LogP contribution in [0, 0.1) is 0 Å². The third kappa shape index (κ3) is 1.47. The molecule has 4 N–H and O–H groups in total. The van der Waals surface area contributed by atoms with Crippen molar-refractivity contribution in [1.29, 1.82) is 0 Å². The van der Waals surface area contributed by atoms with Crippen LogP contribution in [0.25, 0.3) is 0 Å². The first-order valence-corrected chi connectivity index (χ1v) is 3.45. The predicted molar refractivity (Wildman–Crippen MR) is 45.9 cm³/mol. The lowest BCUT2D eigenvalue weighted by atomic mass is 10.1. The number of nitrogen functional groups attached to an aromatic ring is 1. The van der Waals surface area contributed by atoms with Crippen molar-refractivity contribution < 1.29 is 9.90 Å². The van der Waals surface area contributed by atoms with Crippen molar-refractivity contribution in [2.45, 2.75) is 0 Å². The van der Waals surface area contributed by atoms with Gasteiger partial charge in [-0.25, -0.2) is 0 Å². The Morgan fingerprint density at radius 2 is 2.25 bits per heavy atom. The SMILES string of the molecule is CNC(=O)c1cc(O)ccc1N. The number of aromatic hydroxyl groups is 1. The number of anilines is 1. The summed E-state index contributed by atoms with van der Waals surface area (Å²) in [7, 11) is 1.51. The van der Waals surface area contributed by atoms with Gasteiger partial charge in [0.2, 0.25) is 0 Å². The normalized spacial score (nSPS) is 9.42. The van der Waals surface area contributed by atoms with Crippen molar-refractivity contribution in [1.82, 2.24) is 5.32 Å². The fourth-order valence-electron chi connectivity index (χ4n) is 0.876. The summed E-state index contributed by atoms with van der Waals surface area (Å²) in [6.07, 6.45) is 0. The van der Waals surface area contributed by atoms with Crippen LogP contribution >= 0.6 is 0 Å². The lowest BCUT2D eigenvalue weighted by Gasteiger charge is -2.03. The van der Waals surface area contributed by atoms with Gasteiger partial charge < -0.3 is 16.2 Å². The van der Waals surface area contributed by atoms with Gasteiger partial charge in [0.15, 0.2) is 0 Å². The third-order valence-corrected chi connectivity index (χ3v) is 1.51. The van der Waals surface area contributed by atoms with Gasteiger partial charge in [0.25, 0.3) is 5.91 Å². The summed E-state index contributed by atoms with van der Waals surface area (Å²) in [4.78, 5) is 11.1. The fourth-order valence-corrected chi connectivity index (χ4v) is 0.876. The lowest BCUT2D eigenvalue weighted by molar-refractivity contribution is 0.0963. The summed E-state index contributed by atoms with van der Waals surface area (Å²) in [5.41, 5.74) is 6.14. The molecule has 1 aromatic rings. The van der Waals surface area contributed by atoms with E-state index in [0.29, 0.717) is 5.69 Å². The topological polar surface area (TPSA) is 75.3 Å². The monoisotopic (exact) mass is 166 g/mol. The zero-order valence-corrected chi connectivity index (χ0v) is 6.66. The number of phenolic OH excluding ortho intramolecular Hbond substituents is 1. The van der Waals surface area contributed by atoms with Crippen LogP contribution in [0.3, 0.4) is 0 Å². The molecular formula is C8H10N2O2. The van der Waals surface area contributed by atoms with Gasteiger partial charge in [0, 0.05) is 12.7 Å². The van der Waals surface area contributed by atoms with E-state index in [0.717, 1.165) is 0 Å². The van der Waals surface area contributed by atoms with Crippen LogP contribution in [0.4, 0.5) is 5.69 Å². The summed E-state index contributed by atoms with van der Waals surface area (Å²) in [6.45, 7) is 0. The van der Waals surface area contributed by atoms with E-state index in [4.69, 9.17) is 10.8 Å². The Hall–Kier alpha value is -1.71. The molecule has 0 saturated heterocycles. The molecule has 0 unspecified atom stereocenters. The molecule has 0 spiro atoms. The first-order valence-electron chi connectivity index (χ1n) is 3.45. The molecule has 0 aliphatic carbocycles. The molecule has 4 heteroatoms. The van der Waals surface area contributed by atoms with Crippen LogP contribution in [0.1, 0.15) is 10.4 Å². The number of benzene rings is 1. The Bertz CT molecular complexity index is 310. The van der Waals surface area contributed by atoms with Gasteiger partial charge in [-0.05, 0) is 18.2 Å². The number of phenols is 1. The number of nitrogens with one attached hydrogen (secondary N) is 1. The van der Waals surface area contributed by atoms with Gasteiger partial charge in [0.1, 0.15) is 5.75 Å². The van der Waals surface area contributed by atoms with Gasteiger partial charge in [0.05, 0.1) is 5.56 Å². The van der Waals surface area contributed by atoms with E-state index in [1.807, 2.05) is 0 Å². The molecule has 0 atom stereocenters. The average molecular weight is 166 g/mol. The molecule has 0 bridgehead atoms. The van der Waals surface area contributed by atoms with Crippen LogP contribution in [-0.2, 0) is 0 Å². The molecule has 1 amide bonds. The second kappa shape index (κ2) is 3.13. The molecule has 0 fully saturated rings. The molecule has 0 saturated carbocycles. The number of carbonyl (C=O) groups is 1. The van der Waals surface area contributed by atoms with Crippen LogP contribution in [-0.4, -0.2) is 18.1 Å². The van der Waals surface area contributed by atoms with E-state index >= 15 is 0 Å². The molecule has 1 aromatic carbocycles. The van der Waals surface area contributed by atoms with E-state index in [-0.39, 0.29) is 17.2 Å². The summed E-state index contributed by atoms with van der Waals surface area (Å²) < 4.78 is 0. The number of rotatable bonds is 1. The van der Waals surface area contributed by atoms with Gasteiger partial charge in [-0.3, -0.25) is 4.79 Å². The quantitative estimate of drug-likeness (QED) is 0.416. The highest BCUT2D eigenvalue weighted by atomic mass is 16.3. The van der Waals surface area contributed by atoms with E-state index in [1.165, 1.54) is 25.2 Å². The number of amides is 1. The lowest BCUT2D eigenvalue weighted by Crippen LogP contribution is -2.19. The largest absolute Gasteiger partial charge is 0.508 e. The minimum atomic E-state index is -0.302. The standard InChI is InChI=1S/C8H10N2O2/c1-10-8(12)6-4-5(11)2-3-7(6)9/h2-4,11H,9H2,1H3,(H,10,12). The third-order valence-electron chi connectivity index (χ3n) is 1.51. The van der Waals surface area contributed by atoms with Crippen molar-refractivity contribution >= 4 is 11.6 Å². The molecule has 0 aliphatic heterocycles. The van der Waals surface area contributed by atoms with Crippen molar-refractivity contribution in [2.24, 2.45) is 0 Å². The zero-order valence-electron chi connectivity index (χ0n) is 6.66. The number of hydrogen-bond acceptors (Lipinski definition) is 3. The molecule has 0 radical (unpaired) electrons. The second-order valence-electron chi connectivity index (χ2n) is 2.35. The fraction of sp³-hybridized carbons (Fsp3) is 0.125. The number of nitrogens with two attached hydrogens (primary N) is 1. The molecular weight excluding hydrogens is 156 g/mol. The van der Waals surface area contributed by atoms with Crippen molar-refractivity contribution in [3.8, 4) is 5.75 Å². The maximum absolute atomic E-state index is 11.1. The van der Waals surface area contributed by atoms with Gasteiger partial charge in [-0.1, -0.05) is 0 Å². The minimum absolute atomic E-state index is 0.0304. The van der Waals surface area contributed by atoms with Crippen LogP contribution in [0.5, 0.6) is 5.75 Å². The summed E-state index contributed by atoms with van der Waals surface area (Å²) in [5, 5.41) is 11.5. The number of carbonyl (C=O) groups excluding carboxylic acids is 1. The second-order valence-corrected chi connectivity index (χ2v) is 2.35. The smallest absolute Gasteiger partial charge is 0.253 e. The summed E-state index contributed by atoms with van der Waals surface area (Å²) >= 11 is 0. The van der Waals surface area contributed by atoms with E-state index < -0.39 is 0 Å². The first kappa shape index (κ1) is 8.39. The molecule has 4 nitrogen and oxygen atoms in total. The van der Waals surface area contributed by atoms with E-state index in [2.05, 4.69) is 5.32 Å². The summed E-state index contributed by atoms with van der Waals surface area (Å²) in [6, 6.07) is 4.25. The Labute approximate surface area is 70.0 Å². The zero-order chi connectivity index (χ0) is 9.14. The van der Waals surface area contributed by atoms with Crippen LogP contribution in [0.15, 0.2) is 18.2 Å². The molecule has 64 valence electrons. The highest BCUT2D eigenvalue weighted by Gasteiger charge is 2.07. The van der Waals surface area contributed by atoms with Gasteiger partial charge in [-0.2, -0.15) is 0 Å². The van der Waals surface area contributed by atoms with Crippen LogP contribution < -0.4 is 11.1 Å². The Morgan fingerprint density at radius 3 is 2.83 bits per heavy atom. The Kier molecular flexibility index (Phi) is 2.19. The molecule has 12 heavy (non-hydrogen) atoms. The van der Waals surface area contributed by atoms with E-state index in [9.17, 15) is 4.79 Å². The van der Waals surface area contributed by atoms with E-state index in [1.54, 1.807) is 0 Å². The molecule has 1 rings (SSSR count). The van der Waals surface area contributed by atoms with Crippen molar-refractivity contribution in [3.05, 3.63) is 23.8 Å². The Balaban J connectivity index is 3.13. The number of hydrogen-bond donors (Lipinski definition) is 3. The highest BCUT2D eigenvalue weighted by Crippen LogP contribution is 2.17. The molecule has 0 aromatic heterocycles. The van der Waals surface area contributed by atoms with Gasteiger partial charge >= 0.3 is 0 Å². The van der Waals surface area contributed by atoms with Crippen molar-refractivity contribution in [3.63, 3.8) is 0 Å². The molecule has 0 heterocycles. The van der Waals surface area contributed by atoms with Crippen LogP contribution in [0.2, 0.25) is 0 Å². The maximum atomic E-state index is 11.1. The maximum Gasteiger partial charge on any atom is 0.253 e.